The van der Waals surface area contributed by atoms with E-state index >= 15 is 0 Å². The molecule has 1 aliphatic rings. The van der Waals surface area contributed by atoms with Crippen LogP contribution in [-0.4, -0.2) is 37.9 Å². The molecule has 0 saturated carbocycles. The van der Waals surface area contributed by atoms with E-state index < -0.39 is 0 Å². The normalized spacial score (nSPS) is 14.9. The van der Waals surface area contributed by atoms with Gasteiger partial charge in [0.05, 0.1) is 26.4 Å². The minimum atomic E-state index is -0.00483. The van der Waals surface area contributed by atoms with Gasteiger partial charge in [-0.15, -0.1) is 0 Å². The Labute approximate surface area is 99.6 Å². The molecule has 1 heterocycles. The summed E-state index contributed by atoms with van der Waals surface area (Å²) in [5.41, 5.74) is 1.62. The number of nitrogens with zero attached hydrogens (tertiary/aromatic N) is 2. The average Bonchev–Trinajstić information content (AvgIpc) is 2.68. The van der Waals surface area contributed by atoms with Gasteiger partial charge in [-0.05, 0) is 18.2 Å². The molecule has 1 aliphatic heterocycles. The Morgan fingerprint density at radius 3 is 2.47 bits per heavy atom. The largest absolute Gasteiger partial charge is 0.493 e. The van der Waals surface area contributed by atoms with Gasteiger partial charge in [-0.3, -0.25) is 4.79 Å². The predicted molar refractivity (Wildman–Crippen MR) is 63.5 cm³/mol. The van der Waals surface area contributed by atoms with Crippen LogP contribution >= 0.6 is 0 Å². The van der Waals surface area contributed by atoms with E-state index in [2.05, 4.69) is 5.10 Å². The first-order valence-corrected chi connectivity index (χ1v) is 5.22. The molecular weight excluding hydrogens is 220 g/mol. The molecule has 1 aromatic rings. The first-order chi connectivity index (χ1) is 8.15. The fraction of sp³-hybridized carbons (Fsp3) is 0.333. The predicted octanol–water partition coefficient (Wildman–Crippen LogP) is 1.27. The quantitative estimate of drug-likeness (QED) is 0.791. The molecule has 0 spiro atoms. The van der Waals surface area contributed by atoms with Gasteiger partial charge < -0.3 is 9.47 Å². The summed E-state index contributed by atoms with van der Waals surface area (Å²) in [6, 6.07) is 5.50. The van der Waals surface area contributed by atoms with E-state index in [4.69, 9.17) is 9.47 Å². The molecule has 0 unspecified atom stereocenters. The van der Waals surface area contributed by atoms with E-state index in [1.165, 1.54) is 5.01 Å². The van der Waals surface area contributed by atoms with Gasteiger partial charge in [0, 0.05) is 12.6 Å². The van der Waals surface area contributed by atoms with E-state index in [1.807, 2.05) is 12.1 Å². The van der Waals surface area contributed by atoms with E-state index in [0.29, 0.717) is 17.9 Å². The van der Waals surface area contributed by atoms with Crippen LogP contribution in [0, 0.1) is 0 Å². The molecule has 0 fully saturated rings. The molecule has 0 N–H and O–H groups in total. The van der Waals surface area contributed by atoms with Gasteiger partial charge in [0.1, 0.15) is 0 Å². The van der Waals surface area contributed by atoms with Crippen LogP contribution in [0.1, 0.15) is 12.0 Å². The Morgan fingerprint density at radius 2 is 1.94 bits per heavy atom. The highest BCUT2D eigenvalue weighted by Gasteiger charge is 2.22. The molecule has 0 radical (unpaired) electrons. The fourth-order valence-electron chi connectivity index (χ4n) is 1.71. The lowest BCUT2D eigenvalue weighted by Gasteiger charge is -2.08. The maximum atomic E-state index is 11.4. The molecule has 0 aromatic heterocycles. The van der Waals surface area contributed by atoms with Crippen molar-refractivity contribution in [3.63, 3.8) is 0 Å². The van der Waals surface area contributed by atoms with Crippen molar-refractivity contribution in [1.29, 1.82) is 0 Å². The van der Waals surface area contributed by atoms with Crippen LogP contribution < -0.4 is 9.47 Å². The van der Waals surface area contributed by atoms with Crippen molar-refractivity contribution in [3.8, 4) is 11.5 Å². The zero-order chi connectivity index (χ0) is 12.4. The summed E-state index contributed by atoms with van der Waals surface area (Å²) in [7, 11) is 4.81. The van der Waals surface area contributed by atoms with Crippen LogP contribution in [0.5, 0.6) is 11.5 Å². The number of carbonyl (C=O) groups excluding carboxylic acids is 1. The Morgan fingerprint density at radius 1 is 1.24 bits per heavy atom. The molecule has 5 nitrogen and oxygen atoms in total. The van der Waals surface area contributed by atoms with Crippen molar-refractivity contribution < 1.29 is 14.3 Å². The van der Waals surface area contributed by atoms with Gasteiger partial charge in [0.25, 0.3) is 0 Å². The van der Waals surface area contributed by atoms with Crippen molar-refractivity contribution in [2.75, 3.05) is 21.3 Å². The van der Waals surface area contributed by atoms with E-state index in [9.17, 15) is 4.79 Å². The summed E-state index contributed by atoms with van der Waals surface area (Å²) in [6.45, 7) is 0. The standard InChI is InChI=1S/C12H14N2O3/c1-14-12(15)7-9(13-14)8-4-5-10(16-2)11(6-8)17-3/h4-6H,7H2,1-3H3. The molecule has 0 aliphatic carbocycles. The summed E-state index contributed by atoms with van der Waals surface area (Å²) in [4.78, 5) is 11.4. The van der Waals surface area contributed by atoms with Crippen molar-refractivity contribution >= 4 is 11.6 Å². The first kappa shape index (κ1) is 11.4. The number of carbonyl (C=O) groups is 1. The molecule has 90 valence electrons. The van der Waals surface area contributed by atoms with Gasteiger partial charge in [-0.1, -0.05) is 0 Å². The van der Waals surface area contributed by atoms with Gasteiger partial charge in [0.15, 0.2) is 11.5 Å². The lowest BCUT2D eigenvalue weighted by Crippen LogP contribution is -2.14. The number of hydrazone groups is 1. The van der Waals surface area contributed by atoms with Crippen LogP contribution in [0.25, 0.3) is 0 Å². The van der Waals surface area contributed by atoms with Crippen molar-refractivity contribution in [1.82, 2.24) is 5.01 Å². The van der Waals surface area contributed by atoms with E-state index in [1.54, 1.807) is 27.3 Å². The third kappa shape index (κ3) is 2.08. The monoisotopic (exact) mass is 234 g/mol. The third-order valence-electron chi connectivity index (χ3n) is 2.67. The lowest BCUT2D eigenvalue weighted by molar-refractivity contribution is -0.127. The highest BCUT2D eigenvalue weighted by atomic mass is 16.5. The van der Waals surface area contributed by atoms with Gasteiger partial charge in [-0.2, -0.15) is 5.10 Å². The molecule has 2 rings (SSSR count). The second-order valence-electron chi connectivity index (χ2n) is 3.71. The molecule has 0 atom stereocenters. The Balaban J connectivity index is 2.35. The third-order valence-corrected chi connectivity index (χ3v) is 2.67. The minimum Gasteiger partial charge on any atom is -0.493 e. The number of ether oxygens (including phenoxy) is 2. The topological polar surface area (TPSA) is 51.1 Å². The van der Waals surface area contributed by atoms with E-state index in [-0.39, 0.29) is 5.91 Å². The zero-order valence-corrected chi connectivity index (χ0v) is 10.1. The summed E-state index contributed by atoms with van der Waals surface area (Å²) in [5, 5.41) is 5.53. The second kappa shape index (κ2) is 4.45. The highest BCUT2D eigenvalue weighted by Crippen LogP contribution is 2.28. The number of hydrogen-bond acceptors (Lipinski definition) is 4. The second-order valence-corrected chi connectivity index (χ2v) is 3.71. The van der Waals surface area contributed by atoms with Gasteiger partial charge in [-0.25, -0.2) is 5.01 Å². The minimum absolute atomic E-state index is 0.00483. The summed E-state index contributed by atoms with van der Waals surface area (Å²) in [6.07, 6.45) is 0.325. The Hall–Kier alpha value is -2.04. The van der Waals surface area contributed by atoms with Crippen molar-refractivity contribution in [2.24, 2.45) is 5.10 Å². The Kier molecular flexibility index (Phi) is 2.99. The molecular formula is C12H14N2O3. The summed E-state index contributed by atoms with van der Waals surface area (Å²) >= 11 is 0. The molecule has 0 bridgehead atoms. The number of methoxy groups -OCH3 is 2. The number of benzene rings is 1. The van der Waals surface area contributed by atoms with Crippen LogP contribution in [-0.2, 0) is 4.79 Å². The smallest absolute Gasteiger partial charge is 0.248 e. The molecule has 1 aromatic carbocycles. The number of rotatable bonds is 3. The number of amides is 1. The highest BCUT2D eigenvalue weighted by molar-refractivity contribution is 6.13. The van der Waals surface area contributed by atoms with E-state index in [0.717, 1.165) is 11.3 Å². The Bertz CT molecular complexity index is 483. The van der Waals surface area contributed by atoms with Gasteiger partial charge in [0.2, 0.25) is 5.91 Å². The summed E-state index contributed by atoms with van der Waals surface area (Å²) < 4.78 is 10.4. The van der Waals surface area contributed by atoms with Gasteiger partial charge >= 0.3 is 0 Å². The lowest BCUT2D eigenvalue weighted by atomic mass is 10.1. The molecule has 17 heavy (non-hydrogen) atoms. The summed E-state index contributed by atoms with van der Waals surface area (Å²) in [5.74, 6) is 1.29. The maximum absolute atomic E-state index is 11.4. The van der Waals surface area contributed by atoms with Crippen molar-refractivity contribution in [2.45, 2.75) is 6.42 Å². The SMILES string of the molecule is COc1ccc(C2=NN(C)C(=O)C2)cc1OC. The first-order valence-electron chi connectivity index (χ1n) is 5.22. The molecule has 1 amide bonds. The number of hydrogen-bond donors (Lipinski definition) is 0. The van der Waals surface area contributed by atoms with Crippen LogP contribution in [0.4, 0.5) is 0 Å². The molecule has 5 heteroatoms. The average molecular weight is 234 g/mol. The molecule has 0 saturated heterocycles. The van der Waals surface area contributed by atoms with Crippen LogP contribution in [0.2, 0.25) is 0 Å². The fourth-order valence-corrected chi connectivity index (χ4v) is 1.71. The zero-order valence-electron chi connectivity index (χ0n) is 10.1. The van der Waals surface area contributed by atoms with Crippen molar-refractivity contribution in [3.05, 3.63) is 23.8 Å². The maximum Gasteiger partial charge on any atom is 0.248 e. The van der Waals surface area contributed by atoms with Crippen LogP contribution in [0.3, 0.4) is 0 Å². The van der Waals surface area contributed by atoms with Crippen LogP contribution in [0.15, 0.2) is 23.3 Å².